The number of aliphatic carboxylic acids is 1. The molecule has 20 heavy (non-hydrogen) atoms. The zero-order chi connectivity index (χ0) is 14.1. The summed E-state index contributed by atoms with van der Waals surface area (Å²) in [6, 6.07) is 3.34. The zero-order valence-electron chi connectivity index (χ0n) is 11.0. The van der Waals surface area contributed by atoms with E-state index in [9.17, 15) is 9.59 Å². The van der Waals surface area contributed by atoms with Crippen LogP contribution in [0.5, 0.6) is 0 Å². The number of aromatic amines is 1. The molecule has 0 aromatic carbocycles. The Morgan fingerprint density at radius 2 is 2.20 bits per heavy atom. The Morgan fingerprint density at radius 1 is 1.45 bits per heavy atom. The Morgan fingerprint density at radius 3 is 2.90 bits per heavy atom. The highest BCUT2D eigenvalue weighted by Gasteiger charge is 2.23. The second-order valence-corrected chi connectivity index (χ2v) is 5.12. The standard InChI is InChI=1S/C13H16N4O3/c18-12-7-10(15-11-1-4-14-17(11)12)9-2-5-16(6-3-9)8-13(19)20/h1,4,7,9,14H,2-3,5-6,8H2,(H,19,20). The molecule has 1 aliphatic heterocycles. The van der Waals surface area contributed by atoms with Gasteiger partial charge in [-0.2, -0.15) is 0 Å². The van der Waals surface area contributed by atoms with Crippen LogP contribution in [0.15, 0.2) is 23.1 Å². The van der Waals surface area contributed by atoms with Gasteiger partial charge >= 0.3 is 5.97 Å². The van der Waals surface area contributed by atoms with Crippen molar-refractivity contribution in [2.75, 3.05) is 19.6 Å². The molecule has 0 atom stereocenters. The molecule has 0 spiro atoms. The summed E-state index contributed by atoms with van der Waals surface area (Å²) >= 11 is 0. The predicted molar refractivity (Wildman–Crippen MR) is 71.9 cm³/mol. The Kier molecular flexibility index (Phi) is 3.27. The number of piperidine rings is 1. The Labute approximate surface area is 114 Å². The van der Waals surface area contributed by atoms with E-state index in [0.717, 1.165) is 31.6 Å². The number of fused-ring (bicyclic) bond motifs is 1. The number of carboxylic acid groups (broad SMARTS) is 1. The van der Waals surface area contributed by atoms with Crippen LogP contribution < -0.4 is 5.56 Å². The summed E-state index contributed by atoms with van der Waals surface area (Å²) < 4.78 is 1.41. The predicted octanol–water partition coefficient (Wildman–Crippen LogP) is 0.287. The minimum atomic E-state index is -0.798. The summed E-state index contributed by atoms with van der Waals surface area (Å²) in [6.45, 7) is 1.54. The molecular formula is C13H16N4O3. The van der Waals surface area contributed by atoms with Gasteiger partial charge in [-0.3, -0.25) is 19.6 Å². The van der Waals surface area contributed by atoms with Crippen LogP contribution in [0.2, 0.25) is 0 Å². The molecular weight excluding hydrogens is 260 g/mol. The first-order chi connectivity index (χ1) is 9.63. The lowest BCUT2D eigenvalue weighted by molar-refractivity contribution is -0.138. The van der Waals surface area contributed by atoms with Crippen molar-refractivity contribution in [1.29, 1.82) is 0 Å². The number of likely N-dealkylation sites (tertiary alicyclic amines) is 1. The molecule has 106 valence electrons. The highest BCUT2D eigenvalue weighted by molar-refractivity contribution is 5.69. The number of carboxylic acids is 1. The van der Waals surface area contributed by atoms with E-state index >= 15 is 0 Å². The maximum Gasteiger partial charge on any atom is 0.317 e. The smallest absolute Gasteiger partial charge is 0.317 e. The molecule has 0 bridgehead atoms. The molecule has 1 saturated heterocycles. The van der Waals surface area contributed by atoms with Crippen molar-refractivity contribution >= 4 is 11.6 Å². The van der Waals surface area contributed by atoms with Gasteiger partial charge in [0.25, 0.3) is 5.56 Å². The normalized spacial score (nSPS) is 17.6. The van der Waals surface area contributed by atoms with Crippen LogP contribution in [-0.4, -0.2) is 50.2 Å². The number of nitrogens with zero attached hydrogens (tertiary/aromatic N) is 3. The largest absolute Gasteiger partial charge is 0.480 e. The first-order valence-corrected chi connectivity index (χ1v) is 6.65. The van der Waals surface area contributed by atoms with E-state index in [2.05, 4.69) is 10.1 Å². The molecule has 0 unspecified atom stereocenters. The summed E-state index contributed by atoms with van der Waals surface area (Å²) in [5, 5.41) is 11.6. The van der Waals surface area contributed by atoms with E-state index in [1.807, 2.05) is 4.90 Å². The van der Waals surface area contributed by atoms with Crippen molar-refractivity contribution in [2.45, 2.75) is 18.8 Å². The van der Waals surface area contributed by atoms with E-state index in [-0.39, 0.29) is 18.0 Å². The molecule has 1 aliphatic rings. The molecule has 0 aliphatic carbocycles. The third kappa shape index (κ3) is 2.44. The van der Waals surface area contributed by atoms with Crippen molar-refractivity contribution in [1.82, 2.24) is 19.5 Å². The zero-order valence-corrected chi connectivity index (χ0v) is 11.0. The molecule has 3 heterocycles. The van der Waals surface area contributed by atoms with Gasteiger partial charge in [0, 0.05) is 24.2 Å². The van der Waals surface area contributed by atoms with Gasteiger partial charge in [0.15, 0.2) is 5.65 Å². The van der Waals surface area contributed by atoms with Crippen molar-refractivity contribution in [2.24, 2.45) is 0 Å². The number of H-pyrrole nitrogens is 1. The topological polar surface area (TPSA) is 90.7 Å². The maximum absolute atomic E-state index is 11.9. The maximum atomic E-state index is 11.9. The second kappa shape index (κ2) is 5.09. The van der Waals surface area contributed by atoms with Crippen LogP contribution in [0.25, 0.3) is 5.65 Å². The third-order valence-electron chi connectivity index (χ3n) is 3.77. The number of hydrogen-bond acceptors (Lipinski definition) is 4. The summed E-state index contributed by atoms with van der Waals surface area (Å²) in [5.74, 6) is -0.568. The van der Waals surface area contributed by atoms with Crippen LogP contribution in [0.3, 0.4) is 0 Å². The number of hydrogen-bond donors (Lipinski definition) is 2. The van der Waals surface area contributed by atoms with Gasteiger partial charge in [-0.05, 0) is 25.9 Å². The van der Waals surface area contributed by atoms with Crippen LogP contribution in [0.1, 0.15) is 24.5 Å². The lowest BCUT2D eigenvalue weighted by Gasteiger charge is -2.30. The molecule has 2 N–H and O–H groups in total. The van der Waals surface area contributed by atoms with Crippen LogP contribution in [-0.2, 0) is 4.79 Å². The van der Waals surface area contributed by atoms with Crippen LogP contribution in [0.4, 0.5) is 0 Å². The van der Waals surface area contributed by atoms with Gasteiger partial charge in [-0.25, -0.2) is 9.50 Å². The molecule has 7 nitrogen and oxygen atoms in total. The van der Waals surface area contributed by atoms with E-state index in [4.69, 9.17) is 5.11 Å². The number of rotatable bonds is 3. The van der Waals surface area contributed by atoms with Crippen LogP contribution in [0, 0.1) is 0 Å². The number of nitrogens with one attached hydrogen (secondary N) is 1. The Balaban J connectivity index is 1.76. The quantitative estimate of drug-likeness (QED) is 0.840. The minimum Gasteiger partial charge on any atom is -0.480 e. The lowest BCUT2D eigenvalue weighted by Crippen LogP contribution is -2.37. The van der Waals surface area contributed by atoms with Crippen molar-refractivity contribution in [3.05, 3.63) is 34.4 Å². The minimum absolute atomic E-state index is 0.0830. The fraction of sp³-hybridized carbons (Fsp3) is 0.462. The third-order valence-corrected chi connectivity index (χ3v) is 3.77. The highest BCUT2D eigenvalue weighted by atomic mass is 16.4. The summed E-state index contributed by atoms with van der Waals surface area (Å²) in [7, 11) is 0. The SMILES string of the molecule is O=C(O)CN1CCC(c2cc(=O)n3[nH]ccc3n2)CC1. The van der Waals surface area contributed by atoms with Gasteiger partial charge in [0.2, 0.25) is 0 Å². The second-order valence-electron chi connectivity index (χ2n) is 5.12. The molecule has 0 radical (unpaired) electrons. The summed E-state index contributed by atoms with van der Waals surface area (Å²) in [6.07, 6.45) is 3.35. The first kappa shape index (κ1) is 12.9. The molecule has 0 amide bonds. The van der Waals surface area contributed by atoms with Gasteiger partial charge in [0.1, 0.15) is 0 Å². The first-order valence-electron chi connectivity index (χ1n) is 6.65. The van der Waals surface area contributed by atoms with Crippen molar-refractivity contribution in [3.63, 3.8) is 0 Å². The molecule has 1 fully saturated rings. The molecule has 3 rings (SSSR count). The molecule has 2 aromatic heterocycles. The van der Waals surface area contributed by atoms with Gasteiger partial charge in [-0.1, -0.05) is 0 Å². The van der Waals surface area contributed by atoms with Gasteiger partial charge in [0.05, 0.1) is 12.2 Å². The fourth-order valence-electron chi connectivity index (χ4n) is 2.73. The molecule has 2 aromatic rings. The Bertz CT molecular complexity index is 682. The number of aromatic nitrogens is 3. The number of carbonyl (C=O) groups is 1. The van der Waals surface area contributed by atoms with E-state index in [0.29, 0.717) is 5.65 Å². The summed E-state index contributed by atoms with van der Waals surface area (Å²) in [4.78, 5) is 29.0. The highest BCUT2D eigenvalue weighted by Crippen LogP contribution is 2.25. The van der Waals surface area contributed by atoms with Gasteiger partial charge in [-0.15, -0.1) is 0 Å². The molecule has 0 saturated carbocycles. The average Bonchev–Trinajstić information content (AvgIpc) is 2.87. The van der Waals surface area contributed by atoms with E-state index < -0.39 is 5.97 Å². The lowest BCUT2D eigenvalue weighted by atomic mass is 9.93. The molecule has 7 heteroatoms. The monoisotopic (exact) mass is 276 g/mol. The van der Waals surface area contributed by atoms with E-state index in [1.54, 1.807) is 18.3 Å². The average molecular weight is 276 g/mol. The van der Waals surface area contributed by atoms with Gasteiger partial charge < -0.3 is 5.11 Å². The van der Waals surface area contributed by atoms with Crippen molar-refractivity contribution in [3.8, 4) is 0 Å². The van der Waals surface area contributed by atoms with E-state index in [1.165, 1.54) is 4.52 Å². The van der Waals surface area contributed by atoms with Crippen molar-refractivity contribution < 1.29 is 9.90 Å². The summed E-state index contributed by atoms with van der Waals surface area (Å²) in [5.41, 5.74) is 1.33. The Hall–Kier alpha value is -2.15. The van der Waals surface area contributed by atoms with Crippen LogP contribution >= 0.6 is 0 Å². The fourth-order valence-corrected chi connectivity index (χ4v) is 2.73.